The van der Waals surface area contributed by atoms with Gasteiger partial charge < -0.3 is 9.64 Å². The van der Waals surface area contributed by atoms with Crippen LogP contribution in [0.1, 0.15) is 32.4 Å². The van der Waals surface area contributed by atoms with Gasteiger partial charge in [0.15, 0.2) is 0 Å². The number of thiophene rings is 1. The highest BCUT2D eigenvalue weighted by molar-refractivity contribution is 7.10. The standard InChI is InChI=1S/C21H17F2NO2S/c1-26-15-5-2-13(3-6-15)20-17-9-11-27-19(17)8-10-24(20)21(25)16-7-4-14(22)12-18(16)23/h2-7,9,11-12,20H,8,10H2,1H3/t20-/m1/s1. The number of carbonyl (C=O) groups excluding carboxylic acids is 1. The van der Waals surface area contributed by atoms with Crippen LogP contribution in [0.2, 0.25) is 0 Å². The third-order valence-electron chi connectivity index (χ3n) is 4.82. The monoisotopic (exact) mass is 385 g/mol. The maximum atomic E-state index is 14.2. The van der Waals surface area contributed by atoms with Crippen molar-refractivity contribution in [3.8, 4) is 5.75 Å². The van der Waals surface area contributed by atoms with Crippen molar-refractivity contribution in [1.29, 1.82) is 0 Å². The zero-order valence-corrected chi connectivity index (χ0v) is 15.4. The van der Waals surface area contributed by atoms with E-state index in [9.17, 15) is 13.6 Å². The normalized spacial score (nSPS) is 16.1. The number of carbonyl (C=O) groups is 1. The molecule has 1 amide bonds. The minimum atomic E-state index is -0.843. The van der Waals surface area contributed by atoms with Gasteiger partial charge in [-0.15, -0.1) is 11.3 Å². The summed E-state index contributed by atoms with van der Waals surface area (Å²) in [5.74, 6) is -1.26. The van der Waals surface area contributed by atoms with E-state index in [0.29, 0.717) is 13.0 Å². The third-order valence-corrected chi connectivity index (χ3v) is 5.82. The van der Waals surface area contributed by atoms with Crippen LogP contribution in [0.25, 0.3) is 0 Å². The van der Waals surface area contributed by atoms with Crippen LogP contribution in [-0.4, -0.2) is 24.5 Å². The Morgan fingerprint density at radius 2 is 1.93 bits per heavy atom. The Morgan fingerprint density at radius 3 is 2.63 bits per heavy atom. The first-order chi connectivity index (χ1) is 13.1. The minimum Gasteiger partial charge on any atom is -0.497 e. The van der Waals surface area contributed by atoms with Gasteiger partial charge in [-0.25, -0.2) is 8.78 Å². The Morgan fingerprint density at radius 1 is 1.15 bits per heavy atom. The van der Waals surface area contributed by atoms with Crippen LogP contribution < -0.4 is 4.74 Å². The summed E-state index contributed by atoms with van der Waals surface area (Å²) in [6.07, 6.45) is 0.716. The zero-order valence-electron chi connectivity index (χ0n) is 14.6. The van der Waals surface area contributed by atoms with Gasteiger partial charge in [0.05, 0.1) is 18.7 Å². The fraction of sp³-hybridized carbons (Fsp3) is 0.190. The van der Waals surface area contributed by atoms with E-state index in [4.69, 9.17) is 4.74 Å². The highest BCUT2D eigenvalue weighted by Crippen LogP contribution is 2.39. The Hall–Kier alpha value is -2.73. The Labute approximate surface area is 159 Å². The van der Waals surface area contributed by atoms with E-state index in [1.807, 2.05) is 35.7 Å². The highest BCUT2D eigenvalue weighted by Gasteiger charge is 2.34. The Bertz CT molecular complexity index is 984. The predicted octanol–water partition coefficient (Wildman–Crippen LogP) is 4.82. The average Bonchev–Trinajstić information content (AvgIpc) is 3.15. The number of ether oxygens (including phenoxy) is 1. The molecule has 3 aromatic rings. The van der Waals surface area contributed by atoms with E-state index < -0.39 is 17.5 Å². The van der Waals surface area contributed by atoms with Gasteiger partial charge in [-0.3, -0.25) is 4.79 Å². The lowest BCUT2D eigenvalue weighted by Crippen LogP contribution is -2.40. The number of amides is 1. The smallest absolute Gasteiger partial charge is 0.257 e. The Balaban J connectivity index is 1.77. The van der Waals surface area contributed by atoms with Crippen molar-refractivity contribution in [3.63, 3.8) is 0 Å². The van der Waals surface area contributed by atoms with Gasteiger partial charge >= 0.3 is 0 Å². The molecule has 1 aromatic heterocycles. The highest BCUT2D eigenvalue weighted by atomic mass is 32.1. The number of halogens is 2. The summed E-state index contributed by atoms with van der Waals surface area (Å²) < 4.78 is 32.7. The van der Waals surface area contributed by atoms with E-state index in [-0.39, 0.29) is 11.6 Å². The third kappa shape index (κ3) is 3.21. The summed E-state index contributed by atoms with van der Waals surface area (Å²) in [5, 5.41) is 2.01. The molecule has 1 atom stereocenters. The molecule has 0 spiro atoms. The fourth-order valence-electron chi connectivity index (χ4n) is 3.50. The number of nitrogens with zero attached hydrogens (tertiary/aromatic N) is 1. The van der Waals surface area contributed by atoms with Crippen LogP contribution in [0.3, 0.4) is 0 Å². The minimum absolute atomic E-state index is 0.117. The number of methoxy groups -OCH3 is 1. The summed E-state index contributed by atoms with van der Waals surface area (Å²) >= 11 is 1.66. The van der Waals surface area contributed by atoms with Crippen LogP contribution in [0.5, 0.6) is 5.75 Å². The topological polar surface area (TPSA) is 29.5 Å². The van der Waals surface area contributed by atoms with E-state index in [1.165, 1.54) is 10.9 Å². The predicted molar refractivity (Wildman–Crippen MR) is 100 cm³/mol. The molecule has 138 valence electrons. The molecule has 27 heavy (non-hydrogen) atoms. The molecule has 1 aliphatic rings. The molecule has 0 fully saturated rings. The first-order valence-electron chi connectivity index (χ1n) is 8.54. The van der Waals surface area contributed by atoms with Crippen molar-refractivity contribution in [2.75, 3.05) is 13.7 Å². The molecule has 0 bridgehead atoms. The molecule has 4 rings (SSSR count). The van der Waals surface area contributed by atoms with Crippen molar-refractivity contribution >= 4 is 17.2 Å². The van der Waals surface area contributed by atoms with Crippen molar-refractivity contribution in [2.45, 2.75) is 12.5 Å². The maximum Gasteiger partial charge on any atom is 0.257 e. The van der Waals surface area contributed by atoms with E-state index in [1.54, 1.807) is 23.3 Å². The number of hydrogen-bond donors (Lipinski definition) is 0. The molecule has 0 N–H and O–H groups in total. The molecule has 1 aliphatic heterocycles. The molecule has 0 unspecified atom stereocenters. The van der Waals surface area contributed by atoms with Gasteiger partial charge in [0, 0.05) is 17.5 Å². The Kier molecular flexibility index (Phi) is 4.66. The molecule has 3 nitrogen and oxygen atoms in total. The van der Waals surface area contributed by atoms with Crippen molar-refractivity contribution in [1.82, 2.24) is 4.90 Å². The number of rotatable bonds is 3. The molecule has 0 radical (unpaired) electrons. The van der Waals surface area contributed by atoms with Crippen LogP contribution in [0, 0.1) is 11.6 Å². The van der Waals surface area contributed by atoms with Crippen LogP contribution >= 0.6 is 11.3 Å². The van der Waals surface area contributed by atoms with Crippen LogP contribution in [0.15, 0.2) is 53.9 Å². The quantitative estimate of drug-likeness (QED) is 0.647. The average molecular weight is 385 g/mol. The number of benzene rings is 2. The second kappa shape index (κ2) is 7.12. The molecule has 2 heterocycles. The molecular formula is C21H17F2NO2S. The van der Waals surface area contributed by atoms with Gasteiger partial charge in [0.25, 0.3) is 5.91 Å². The molecule has 2 aromatic carbocycles. The fourth-order valence-corrected chi connectivity index (χ4v) is 4.40. The lowest BCUT2D eigenvalue weighted by atomic mass is 9.92. The maximum absolute atomic E-state index is 14.2. The summed E-state index contributed by atoms with van der Waals surface area (Å²) in [4.78, 5) is 16.0. The lowest BCUT2D eigenvalue weighted by molar-refractivity contribution is 0.0691. The summed E-state index contributed by atoms with van der Waals surface area (Å²) in [6.45, 7) is 0.472. The van der Waals surface area contributed by atoms with Gasteiger partial charge in [-0.05, 0) is 53.3 Å². The number of hydrogen-bond acceptors (Lipinski definition) is 3. The molecule has 0 saturated carbocycles. The summed E-state index contributed by atoms with van der Waals surface area (Å²) in [7, 11) is 1.60. The summed E-state index contributed by atoms with van der Waals surface area (Å²) in [5.41, 5.74) is 1.85. The van der Waals surface area contributed by atoms with Gasteiger partial charge in [-0.2, -0.15) is 0 Å². The summed E-state index contributed by atoms with van der Waals surface area (Å²) in [6, 6.07) is 12.3. The van der Waals surface area contributed by atoms with E-state index >= 15 is 0 Å². The second-order valence-corrected chi connectivity index (χ2v) is 7.35. The molecule has 0 aliphatic carbocycles. The number of fused-ring (bicyclic) bond motifs is 1. The van der Waals surface area contributed by atoms with Crippen molar-refractivity contribution in [3.05, 3.63) is 87.1 Å². The molecule has 6 heteroatoms. The SMILES string of the molecule is COc1ccc([C@@H]2c3ccsc3CCN2C(=O)c2ccc(F)cc2F)cc1. The zero-order chi connectivity index (χ0) is 19.0. The molecular weight excluding hydrogens is 368 g/mol. The van der Waals surface area contributed by atoms with Gasteiger partial charge in [0.2, 0.25) is 0 Å². The van der Waals surface area contributed by atoms with E-state index in [2.05, 4.69) is 0 Å². The molecule has 0 saturated heterocycles. The van der Waals surface area contributed by atoms with Crippen molar-refractivity contribution < 1.29 is 18.3 Å². The van der Waals surface area contributed by atoms with Crippen LogP contribution in [0.4, 0.5) is 8.78 Å². The second-order valence-electron chi connectivity index (χ2n) is 6.35. The van der Waals surface area contributed by atoms with E-state index in [0.717, 1.165) is 29.0 Å². The van der Waals surface area contributed by atoms with Gasteiger partial charge in [-0.1, -0.05) is 12.1 Å². The van der Waals surface area contributed by atoms with Gasteiger partial charge in [0.1, 0.15) is 17.4 Å². The lowest BCUT2D eigenvalue weighted by Gasteiger charge is -2.36. The largest absolute Gasteiger partial charge is 0.497 e. The van der Waals surface area contributed by atoms with Crippen molar-refractivity contribution in [2.24, 2.45) is 0 Å². The first kappa shape index (κ1) is 17.7. The first-order valence-corrected chi connectivity index (χ1v) is 9.42. The van der Waals surface area contributed by atoms with Crippen LogP contribution in [-0.2, 0) is 6.42 Å².